The first kappa shape index (κ1) is 22.4. The number of nitrogen functional groups attached to an aromatic ring is 1. The van der Waals surface area contributed by atoms with Crippen LogP contribution in [0.3, 0.4) is 0 Å². The summed E-state index contributed by atoms with van der Waals surface area (Å²) in [5.74, 6) is 1.04. The first-order valence-corrected chi connectivity index (χ1v) is 12.2. The Balaban J connectivity index is 1.34. The summed E-state index contributed by atoms with van der Waals surface area (Å²) in [7, 11) is 0. The number of pyridine rings is 2. The molecule has 9 nitrogen and oxygen atoms in total. The van der Waals surface area contributed by atoms with E-state index in [-0.39, 0.29) is 5.92 Å². The lowest BCUT2D eigenvalue weighted by atomic mass is 9.90. The van der Waals surface area contributed by atoms with Gasteiger partial charge in [0, 0.05) is 46.1 Å². The summed E-state index contributed by atoms with van der Waals surface area (Å²) in [5.41, 5.74) is 11.5. The molecular weight excluding hydrogens is 476 g/mol. The predicted molar refractivity (Wildman–Crippen MR) is 137 cm³/mol. The van der Waals surface area contributed by atoms with E-state index in [2.05, 4.69) is 26.6 Å². The summed E-state index contributed by atoms with van der Waals surface area (Å²) in [5, 5.41) is 25.4. The Morgan fingerprint density at radius 1 is 1.14 bits per heavy atom. The monoisotopic (exact) mass is 498 g/mol. The van der Waals surface area contributed by atoms with Crippen molar-refractivity contribution in [2.45, 2.75) is 31.6 Å². The molecule has 2 aliphatic rings. The van der Waals surface area contributed by atoms with Gasteiger partial charge in [0.05, 0.1) is 17.3 Å². The average Bonchev–Trinajstić information content (AvgIpc) is 3.31. The minimum atomic E-state index is -0.0575. The fourth-order valence-electron chi connectivity index (χ4n) is 4.65. The van der Waals surface area contributed by atoms with Crippen LogP contribution in [0.5, 0.6) is 0 Å². The van der Waals surface area contributed by atoms with Crippen LogP contribution < -0.4 is 10.5 Å². The number of hydrogen-bond donors (Lipinski definition) is 1. The molecule has 1 atom stereocenters. The fraction of sp³-hybridized carbons (Fsp3) is 0.231. The molecule has 0 radical (unpaired) electrons. The summed E-state index contributed by atoms with van der Waals surface area (Å²) in [6, 6.07) is 13.0. The van der Waals surface area contributed by atoms with E-state index < -0.39 is 0 Å². The van der Waals surface area contributed by atoms with E-state index >= 15 is 0 Å². The van der Waals surface area contributed by atoms with Crippen LogP contribution in [0.25, 0.3) is 22.5 Å². The molecule has 1 saturated carbocycles. The quantitative estimate of drug-likeness (QED) is 0.298. The van der Waals surface area contributed by atoms with E-state index in [9.17, 15) is 5.21 Å². The molecule has 1 unspecified atom stereocenters. The number of allylic oxidation sites excluding steroid dienone is 1. The Labute approximate surface area is 212 Å². The molecular formula is C26H23ClN8O. The molecule has 4 aromatic rings. The van der Waals surface area contributed by atoms with Gasteiger partial charge in [0.1, 0.15) is 12.1 Å². The number of nitrogens with two attached hydrogens (primary N) is 1. The number of benzene rings is 1. The topological polar surface area (TPSA) is 122 Å². The van der Waals surface area contributed by atoms with E-state index in [0.717, 1.165) is 44.9 Å². The van der Waals surface area contributed by atoms with Crippen molar-refractivity contribution in [3.63, 3.8) is 0 Å². The molecule has 0 spiro atoms. The molecule has 0 saturated heterocycles. The highest BCUT2D eigenvalue weighted by Crippen LogP contribution is 2.41. The van der Waals surface area contributed by atoms with Gasteiger partial charge in [0.25, 0.3) is 0 Å². The van der Waals surface area contributed by atoms with Crippen molar-refractivity contribution in [3.05, 3.63) is 88.7 Å². The second-order valence-electron chi connectivity index (χ2n) is 9.18. The van der Waals surface area contributed by atoms with Crippen molar-refractivity contribution >= 4 is 28.8 Å². The summed E-state index contributed by atoms with van der Waals surface area (Å²) in [6.07, 6.45) is 10.9. The van der Waals surface area contributed by atoms with Gasteiger partial charge >= 0.3 is 0 Å². The number of tetrazole rings is 1. The first-order valence-electron chi connectivity index (χ1n) is 11.8. The molecule has 36 heavy (non-hydrogen) atoms. The van der Waals surface area contributed by atoms with Crippen LogP contribution in [-0.2, 0) is 0 Å². The molecule has 0 amide bonds. The Morgan fingerprint density at radius 3 is 2.72 bits per heavy atom. The van der Waals surface area contributed by atoms with E-state index in [4.69, 9.17) is 22.3 Å². The number of anilines is 1. The van der Waals surface area contributed by atoms with Gasteiger partial charge in [0.15, 0.2) is 6.20 Å². The summed E-state index contributed by atoms with van der Waals surface area (Å²) in [4.78, 5) is 9.11. The number of aromatic nitrogens is 6. The van der Waals surface area contributed by atoms with E-state index in [1.54, 1.807) is 29.2 Å². The lowest BCUT2D eigenvalue weighted by Crippen LogP contribution is -2.35. The molecule has 4 heterocycles. The second-order valence-corrected chi connectivity index (χ2v) is 9.62. The van der Waals surface area contributed by atoms with Crippen LogP contribution in [0.4, 0.5) is 5.82 Å². The lowest BCUT2D eigenvalue weighted by Gasteiger charge is -2.18. The zero-order valence-corrected chi connectivity index (χ0v) is 20.1. The third-order valence-corrected chi connectivity index (χ3v) is 6.92. The van der Waals surface area contributed by atoms with Gasteiger partial charge < -0.3 is 10.9 Å². The van der Waals surface area contributed by atoms with Crippen molar-refractivity contribution in [1.82, 2.24) is 25.2 Å². The van der Waals surface area contributed by atoms with Gasteiger partial charge in [-0.2, -0.15) is 9.41 Å². The summed E-state index contributed by atoms with van der Waals surface area (Å²) in [6.45, 7) is 0. The minimum Gasteiger partial charge on any atom is -0.618 e. The molecule has 0 bridgehead atoms. The maximum Gasteiger partial charge on any atom is 0.201 e. The summed E-state index contributed by atoms with van der Waals surface area (Å²) >= 11 is 6.29. The maximum absolute atomic E-state index is 13.4. The Kier molecular flexibility index (Phi) is 5.69. The van der Waals surface area contributed by atoms with Gasteiger partial charge in [0.2, 0.25) is 5.69 Å². The molecule has 6 rings (SSSR count). The van der Waals surface area contributed by atoms with Gasteiger partial charge in [-0.05, 0) is 59.2 Å². The normalized spacial score (nSPS) is 16.0. The van der Waals surface area contributed by atoms with Crippen LogP contribution in [0.15, 0.2) is 72.3 Å². The van der Waals surface area contributed by atoms with Gasteiger partial charge in [-0.15, -0.1) is 5.10 Å². The second kappa shape index (κ2) is 9.16. The van der Waals surface area contributed by atoms with Crippen molar-refractivity contribution < 1.29 is 4.73 Å². The first-order chi connectivity index (χ1) is 17.5. The highest BCUT2D eigenvalue weighted by molar-refractivity contribution is 6.31. The number of rotatable bonds is 7. The van der Waals surface area contributed by atoms with Crippen LogP contribution in [0.1, 0.15) is 42.9 Å². The molecule has 3 aromatic heterocycles. The zero-order valence-electron chi connectivity index (χ0n) is 19.3. The largest absolute Gasteiger partial charge is 0.618 e. The summed E-state index contributed by atoms with van der Waals surface area (Å²) < 4.78 is 2.52. The predicted octanol–water partition coefficient (Wildman–Crippen LogP) is 4.36. The highest BCUT2D eigenvalue weighted by atomic mass is 35.5. The number of nitrogens with zero attached hydrogens (tertiary/aromatic N) is 7. The van der Waals surface area contributed by atoms with Crippen molar-refractivity contribution in [1.29, 1.82) is 0 Å². The molecule has 2 N–H and O–H groups in total. The molecule has 10 heteroatoms. The Hall–Kier alpha value is -4.11. The van der Waals surface area contributed by atoms with E-state index in [1.165, 1.54) is 19.2 Å². The average molecular weight is 499 g/mol. The van der Waals surface area contributed by atoms with E-state index in [1.807, 2.05) is 30.3 Å². The minimum absolute atomic E-state index is 0.0575. The zero-order chi connectivity index (χ0) is 24.6. The smallest absolute Gasteiger partial charge is 0.201 e. The molecule has 1 aliphatic carbocycles. The standard InChI is InChI=1S/C26H23ClN8O/c27-19-5-9-24(34-15-30-32-33-34)20(12-19)18-3-8-25(35(36)14-18)21(11-16-1-2-16)23-7-6-22(31-23)17-4-10-26(28)29-13-17/h3-6,8-10,12-16,21H,1-2,7,11H2,(H2,28,29). The lowest BCUT2D eigenvalue weighted by molar-refractivity contribution is -0.614. The van der Waals surface area contributed by atoms with Crippen LogP contribution in [0.2, 0.25) is 5.02 Å². The SMILES string of the molecule is Nc1ccc(C2=CCC(C(CC3CC3)c3ccc(-c4cc(Cl)ccc4-n4cnnn4)c[n+]3[O-])=N2)cn1. The van der Waals surface area contributed by atoms with Crippen LogP contribution >= 0.6 is 11.6 Å². The number of halogens is 1. The molecule has 1 aromatic carbocycles. The number of aliphatic imine (C=N–C) groups is 1. The third-order valence-electron chi connectivity index (χ3n) is 6.69. The molecule has 180 valence electrons. The van der Waals surface area contributed by atoms with Gasteiger partial charge in [-0.25, -0.2) is 4.98 Å². The van der Waals surface area contributed by atoms with Gasteiger partial charge in [-0.3, -0.25) is 4.99 Å². The van der Waals surface area contributed by atoms with Gasteiger partial charge in [-0.1, -0.05) is 30.5 Å². The Morgan fingerprint density at radius 2 is 2.00 bits per heavy atom. The third kappa shape index (κ3) is 4.45. The van der Waals surface area contributed by atoms with Crippen LogP contribution in [0, 0.1) is 11.1 Å². The highest BCUT2D eigenvalue weighted by Gasteiger charge is 2.34. The van der Waals surface area contributed by atoms with Crippen molar-refractivity contribution in [2.75, 3.05) is 5.73 Å². The maximum atomic E-state index is 13.4. The molecule has 1 aliphatic heterocycles. The Bertz CT molecular complexity index is 1480. The van der Waals surface area contributed by atoms with E-state index in [0.29, 0.717) is 28.9 Å². The fourth-order valence-corrected chi connectivity index (χ4v) is 4.83. The molecule has 1 fully saturated rings. The van der Waals surface area contributed by atoms with Crippen molar-refractivity contribution in [2.24, 2.45) is 10.9 Å². The number of hydrogen-bond acceptors (Lipinski definition) is 7. The van der Waals surface area contributed by atoms with Crippen molar-refractivity contribution in [3.8, 4) is 16.8 Å². The van der Waals surface area contributed by atoms with Crippen LogP contribution in [-0.4, -0.2) is 30.9 Å².